The summed E-state index contributed by atoms with van der Waals surface area (Å²) in [5, 5.41) is 0. The second kappa shape index (κ2) is 7.13. The number of amides is 2. The molecule has 0 N–H and O–H groups in total. The number of piperazine rings is 1. The van der Waals surface area contributed by atoms with E-state index in [1.165, 1.54) is 0 Å². The molecule has 2 rings (SSSR count). The number of benzene rings is 1. The van der Waals surface area contributed by atoms with Crippen LogP contribution in [0.1, 0.15) is 42.7 Å². The lowest BCUT2D eigenvalue weighted by Gasteiger charge is -2.43. The van der Waals surface area contributed by atoms with Crippen LogP contribution in [0.25, 0.3) is 0 Å². The van der Waals surface area contributed by atoms with Gasteiger partial charge in [-0.3, -0.25) is 14.5 Å². The van der Waals surface area contributed by atoms with Crippen LogP contribution in [-0.4, -0.2) is 66.3 Å². The van der Waals surface area contributed by atoms with Crippen molar-refractivity contribution in [3.63, 3.8) is 0 Å². The van der Waals surface area contributed by atoms with E-state index >= 15 is 0 Å². The van der Waals surface area contributed by atoms with Crippen LogP contribution in [0.15, 0.2) is 24.3 Å². The van der Waals surface area contributed by atoms with Gasteiger partial charge in [0.1, 0.15) is 0 Å². The highest BCUT2D eigenvalue weighted by atomic mass is 16.2. The van der Waals surface area contributed by atoms with Crippen LogP contribution in [0.5, 0.6) is 0 Å². The van der Waals surface area contributed by atoms with Crippen molar-refractivity contribution < 1.29 is 9.59 Å². The van der Waals surface area contributed by atoms with Crippen LogP contribution in [-0.2, 0) is 4.79 Å². The summed E-state index contributed by atoms with van der Waals surface area (Å²) in [7, 11) is 3.50. The average molecular weight is 317 g/mol. The molecule has 5 nitrogen and oxygen atoms in total. The predicted molar refractivity (Wildman–Crippen MR) is 91.3 cm³/mol. The first-order valence-electron chi connectivity index (χ1n) is 8.14. The van der Waals surface area contributed by atoms with Crippen molar-refractivity contribution >= 4 is 11.8 Å². The maximum Gasteiger partial charge on any atom is 0.253 e. The molecule has 2 amide bonds. The molecular formula is C18H27N3O2. The molecule has 0 aromatic heterocycles. The molecule has 1 fully saturated rings. The molecule has 1 heterocycles. The molecule has 1 atom stereocenters. The summed E-state index contributed by atoms with van der Waals surface area (Å²) < 4.78 is 0. The number of rotatable bonds is 3. The van der Waals surface area contributed by atoms with Crippen LogP contribution in [0.3, 0.4) is 0 Å². The van der Waals surface area contributed by atoms with Crippen molar-refractivity contribution in [3.8, 4) is 0 Å². The normalized spacial score (nSPS) is 19.0. The average Bonchev–Trinajstić information content (AvgIpc) is 2.53. The minimum Gasteiger partial charge on any atom is -0.345 e. The minimum atomic E-state index is -0.0160. The first kappa shape index (κ1) is 17.5. The number of nitrogens with zero attached hydrogens (tertiary/aromatic N) is 3. The molecule has 5 heteroatoms. The smallest absolute Gasteiger partial charge is 0.253 e. The highest BCUT2D eigenvalue weighted by Gasteiger charge is 2.31. The maximum absolute atomic E-state index is 12.2. The SMILES string of the molecule is CC(=O)N1CCN(C(C)C)CC1c1cccc(C(=O)N(C)C)c1. The number of hydrogen-bond acceptors (Lipinski definition) is 3. The molecule has 23 heavy (non-hydrogen) atoms. The van der Waals surface area contributed by atoms with Gasteiger partial charge in [0, 0.05) is 52.3 Å². The van der Waals surface area contributed by atoms with E-state index < -0.39 is 0 Å². The van der Waals surface area contributed by atoms with Crippen LogP contribution < -0.4 is 0 Å². The van der Waals surface area contributed by atoms with E-state index in [1.54, 1.807) is 25.9 Å². The molecule has 0 spiro atoms. The molecule has 0 bridgehead atoms. The Balaban J connectivity index is 2.33. The fraction of sp³-hybridized carbons (Fsp3) is 0.556. The number of hydrogen-bond donors (Lipinski definition) is 0. The van der Waals surface area contributed by atoms with E-state index in [-0.39, 0.29) is 17.9 Å². The molecule has 1 aromatic carbocycles. The lowest BCUT2D eigenvalue weighted by Crippen LogP contribution is -2.52. The first-order chi connectivity index (χ1) is 10.8. The van der Waals surface area contributed by atoms with Gasteiger partial charge >= 0.3 is 0 Å². The van der Waals surface area contributed by atoms with Gasteiger partial charge in [-0.25, -0.2) is 0 Å². The van der Waals surface area contributed by atoms with Crippen molar-refractivity contribution in [2.45, 2.75) is 32.9 Å². The Bertz CT molecular complexity index is 583. The maximum atomic E-state index is 12.2. The lowest BCUT2D eigenvalue weighted by molar-refractivity contribution is -0.134. The standard InChI is InChI=1S/C18H27N3O2/c1-13(2)20-9-10-21(14(3)22)17(12-20)15-7-6-8-16(11-15)18(23)19(4)5/h6-8,11,13,17H,9-10,12H2,1-5H3. The number of carbonyl (C=O) groups excluding carboxylic acids is 2. The Morgan fingerprint density at radius 3 is 2.48 bits per heavy atom. The van der Waals surface area contributed by atoms with Gasteiger partial charge in [0.15, 0.2) is 0 Å². The highest BCUT2D eigenvalue weighted by molar-refractivity contribution is 5.94. The van der Waals surface area contributed by atoms with Gasteiger partial charge < -0.3 is 9.80 Å². The van der Waals surface area contributed by atoms with Crippen LogP contribution in [0, 0.1) is 0 Å². The topological polar surface area (TPSA) is 43.9 Å². The largest absolute Gasteiger partial charge is 0.345 e. The molecule has 126 valence electrons. The summed E-state index contributed by atoms with van der Waals surface area (Å²) in [6, 6.07) is 8.10. The monoisotopic (exact) mass is 317 g/mol. The van der Waals surface area contributed by atoms with Crippen molar-refractivity contribution in [2.24, 2.45) is 0 Å². The van der Waals surface area contributed by atoms with E-state index in [0.29, 0.717) is 11.6 Å². The van der Waals surface area contributed by atoms with Gasteiger partial charge in [-0.05, 0) is 31.5 Å². The third kappa shape index (κ3) is 3.91. The van der Waals surface area contributed by atoms with Gasteiger partial charge in [0.2, 0.25) is 5.91 Å². The Morgan fingerprint density at radius 2 is 1.91 bits per heavy atom. The summed E-state index contributed by atoms with van der Waals surface area (Å²) in [6.45, 7) is 8.39. The van der Waals surface area contributed by atoms with Gasteiger partial charge in [0.25, 0.3) is 5.91 Å². The molecule has 1 aromatic rings. The summed E-state index contributed by atoms with van der Waals surface area (Å²) in [5.41, 5.74) is 1.69. The molecule has 1 saturated heterocycles. The highest BCUT2D eigenvalue weighted by Crippen LogP contribution is 2.27. The fourth-order valence-corrected chi connectivity index (χ4v) is 3.07. The Morgan fingerprint density at radius 1 is 1.22 bits per heavy atom. The van der Waals surface area contributed by atoms with Crippen molar-refractivity contribution in [2.75, 3.05) is 33.7 Å². The molecule has 0 saturated carbocycles. The van der Waals surface area contributed by atoms with E-state index in [4.69, 9.17) is 0 Å². The van der Waals surface area contributed by atoms with E-state index in [0.717, 1.165) is 25.2 Å². The second-order valence-corrected chi connectivity index (χ2v) is 6.64. The third-order valence-corrected chi connectivity index (χ3v) is 4.47. The second-order valence-electron chi connectivity index (χ2n) is 6.64. The van der Waals surface area contributed by atoms with Gasteiger partial charge in [-0.1, -0.05) is 12.1 Å². The van der Waals surface area contributed by atoms with Gasteiger partial charge in [-0.15, -0.1) is 0 Å². The quantitative estimate of drug-likeness (QED) is 0.856. The molecule has 0 radical (unpaired) electrons. The van der Waals surface area contributed by atoms with Crippen molar-refractivity contribution in [3.05, 3.63) is 35.4 Å². The minimum absolute atomic E-state index is 0.00133. The third-order valence-electron chi connectivity index (χ3n) is 4.47. The lowest BCUT2D eigenvalue weighted by atomic mass is 9.99. The first-order valence-corrected chi connectivity index (χ1v) is 8.14. The van der Waals surface area contributed by atoms with Crippen molar-refractivity contribution in [1.82, 2.24) is 14.7 Å². The summed E-state index contributed by atoms with van der Waals surface area (Å²) in [6.07, 6.45) is 0. The zero-order valence-electron chi connectivity index (χ0n) is 14.7. The van der Waals surface area contributed by atoms with E-state index in [9.17, 15) is 9.59 Å². The van der Waals surface area contributed by atoms with Gasteiger partial charge in [-0.2, -0.15) is 0 Å². The predicted octanol–water partition coefficient (Wildman–Crippen LogP) is 2.00. The van der Waals surface area contributed by atoms with Crippen LogP contribution in [0.2, 0.25) is 0 Å². The van der Waals surface area contributed by atoms with E-state index in [1.807, 2.05) is 29.2 Å². The molecule has 1 aliphatic rings. The Hall–Kier alpha value is -1.88. The summed E-state index contributed by atoms with van der Waals surface area (Å²) in [5.74, 6) is 0.0699. The summed E-state index contributed by atoms with van der Waals surface area (Å²) in [4.78, 5) is 30.1. The van der Waals surface area contributed by atoms with Crippen LogP contribution >= 0.6 is 0 Å². The Labute approximate surface area is 138 Å². The zero-order valence-corrected chi connectivity index (χ0v) is 14.7. The van der Waals surface area contributed by atoms with Crippen LogP contribution in [0.4, 0.5) is 0 Å². The number of carbonyl (C=O) groups is 2. The zero-order chi connectivity index (χ0) is 17.1. The van der Waals surface area contributed by atoms with Crippen molar-refractivity contribution in [1.29, 1.82) is 0 Å². The molecule has 1 aliphatic heterocycles. The fourth-order valence-electron chi connectivity index (χ4n) is 3.07. The summed E-state index contributed by atoms with van der Waals surface area (Å²) >= 11 is 0. The molecular weight excluding hydrogens is 290 g/mol. The Kier molecular flexibility index (Phi) is 5.42. The molecule has 0 aliphatic carbocycles. The van der Waals surface area contributed by atoms with Gasteiger partial charge in [0.05, 0.1) is 6.04 Å². The molecule has 1 unspecified atom stereocenters. The van der Waals surface area contributed by atoms with E-state index in [2.05, 4.69) is 18.7 Å².